The number of anilines is 1. The summed E-state index contributed by atoms with van der Waals surface area (Å²) >= 11 is 12.2. The van der Waals surface area contributed by atoms with Gasteiger partial charge in [-0.2, -0.15) is 0 Å². The third-order valence-corrected chi connectivity index (χ3v) is 3.49. The van der Waals surface area contributed by atoms with Crippen LogP contribution in [0.1, 0.15) is 5.56 Å². The van der Waals surface area contributed by atoms with Crippen molar-refractivity contribution in [2.45, 2.75) is 6.54 Å². The molecule has 3 rings (SSSR count). The fourth-order valence-electron chi connectivity index (χ4n) is 1.98. The Morgan fingerprint density at radius 3 is 2.85 bits per heavy atom. The van der Waals surface area contributed by atoms with E-state index in [1.54, 1.807) is 12.4 Å². The van der Waals surface area contributed by atoms with Crippen LogP contribution in [-0.2, 0) is 6.54 Å². The Kier molecular flexibility index (Phi) is 3.85. The van der Waals surface area contributed by atoms with Gasteiger partial charge in [0.05, 0.1) is 15.7 Å². The highest BCUT2D eigenvalue weighted by Crippen LogP contribution is 2.38. The standard InChI is InChI=1S/C14H12Cl2N2O2/c15-10-5-9(6-13-14(10)20-4-3-19-13)7-18-12-1-2-17-8-11(12)16/h1-2,5-6,8H,3-4,7H2,(H,17,18). The van der Waals surface area contributed by atoms with Gasteiger partial charge in [-0.25, -0.2) is 0 Å². The number of ether oxygens (including phenoxy) is 2. The molecule has 1 aromatic carbocycles. The van der Waals surface area contributed by atoms with Crippen LogP contribution in [0, 0.1) is 0 Å². The van der Waals surface area contributed by atoms with Crippen molar-refractivity contribution in [1.29, 1.82) is 0 Å². The summed E-state index contributed by atoms with van der Waals surface area (Å²) in [6, 6.07) is 5.60. The molecule has 4 nitrogen and oxygen atoms in total. The molecule has 0 fully saturated rings. The molecule has 0 spiro atoms. The molecule has 2 aromatic rings. The summed E-state index contributed by atoms with van der Waals surface area (Å²) in [5.41, 5.74) is 1.82. The minimum atomic E-state index is 0.525. The lowest BCUT2D eigenvalue weighted by molar-refractivity contribution is 0.171. The van der Waals surface area contributed by atoms with Crippen LogP contribution >= 0.6 is 23.2 Å². The first-order valence-corrected chi connectivity index (χ1v) is 6.91. The Morgan fingerprint density at radius 2 is 2.00 bits per heavy atom. The number of pyridine rings is 1. The molecule has 1 aliphatic rings. The van der Waals surface area contributed by atoms with Gasteiger partial charge in [-0.1, -0.05) is 23.2 Å². The van der Waals surface area contributed by atoms with Gasteiger partial charge >= 0.3 is 0 Å². The Labute approximate surface area is 126 Å². The first kappa shape index (κ1) is 13.3. The lowest BCUT2D eigenvalue weighted by Crippen LogP contribution is -2.16. The van der Waals surface area contributed by atoms with E-state index in [0.29, 0.717) is 41.3 Å². The van der Waals surface area contributed by atoms with Crippen molar-refractivity contribution in [2.24, 2.45) is 0 Å². The van der Waals surface area contributed by atoms with Crippen molar-refractivity contribution in [1.82, 2.24) is 4.98 Å². The molecule has 6 heteroatoms. The second-order valence-corrected chi connectivity index (χ2v) is 5.13. The van der Waals surface area contributed by atoms with Crippen molar-refractivity contribution in [2.75, 3.05) is 18.5 Å². The van der Waals surface area contributed by atoms with E-state index in [1.807, 2.05) is 18.2 Å². The summed E-state index contributed by atoms with van der Waals surface area (Å²) in [7, 11) is 0. The van der Waals surface area contributed by atoms with Gasteiger partial charge in [-0.05, 0) is 23.8 Å². The normalized spacial score (nSPS) is 13.1. The van der Waals surface area contributed by atoms with E-state index in [-0.39, 0.29) is 0 Å². The Morgan fingerprint density at radius 1 is 1.15 bits per heavy atom. The first-order valence-electron chi connectivity index (χ1n) is 6.15. The highest BCUT2D eigenvalue weighted by Gasteiger charge is 2.16. The molecule has 1 aromatic heterocycles. The van der Waals surface area contributed by atoms with Crippen LogP contribution in [0.2, 0.25) is 10.0 Å². The smallest absolute Gasteiger partial charge is 0.179 e. The lowest BCUT2D eigenvalue weighted by Gasteiger charge is -2.20. The fourth-order valence-corrected chi connectivity index (χ4v) is 2.46. The van der Waals surface area contributed by atoms with Crippen LogP contribution in [0.25, 0.3) is 0 Å². The molecular weight excluding hydrogens is 299 g/mol. The van der Waals surface area contributed by atoms with Gasteiger partial charge in [0, 0.05) is 18.9 Å². The molecule has 104 valence electrons. The van der Waals surface area contributed by atoms with Gasteiger partial charge in [0.25, 0.3) is 0 Å². The van der Waals surface area contributed by atoms with Gasteiger partial charge in [0.15, 0.2) is 11.5 Å². The number of fused-ring (bicyclic) bond motifs is 1. The number of rotatable bonds is 3. The van der Waals surface area contributed by atoms with Crippen molar-refractivity contribution in [3.05, 3.63) is 46.2 Å². The SMILES string of the molecule is Clc1cnccc1NCc1cc(Cl)c2c(c1)OCCO2. The first-order chi connectivity index (χ1) is 9.74. The predicted molar refractivity (Wildman–Crippen MR) is 79.0 cm³/mol. The van der Waals surface area contributed by atoms with E-state index in [2.05, 4.69) is 10.3 Å². The van der Waals surface area contributed by atoms with E-state index in [1.165, 1.54) is 0 Å². The zero-order valence-electron chi connectivity index (χ0n) is 10.5. The third-order valence-electron chi connectivity index (χ3n) is 2.91. The molecule has 2 heterocycles. The molecule has 1 N–H and O–H groups in total. The van der Waals surface area contributed by atoms with Crippen LogP contribution in [0.15, 0.2) is 30.6 Å². The number of hydrogen-bond donors (Lipinski definition) is 1. The summed E-state index contributed by atoms with van der Waals surface area (Å²) in [4.78, 5) is 3.94. The molecule has 20 heavy (non-hydrogen) atoms. The minimum absolute atomic E-state index is 0.525. The number of nitrogens with one attached hydrogen (secondary N) is 1. The Bertz CT molecular complexity index is 635. The predicted octanol–water partition coefficient (Wildman–Crippen LogP) is 3.77. The average Bonchev–Trinajstić information content (AvgIpc) is 2.46. The summed E-state index contributed by atoms with van der Waals surface area (Å²) in [6.45, 7) is 1.65. The second-order valence-electron chi connectivity index (χ2n) is 4.31. The summed E-state index contributed by atoms with van der Waals surface area (Å²) in [6.07, 6.45) is 3.28. The number of nitrogens with zero attached hydrogens (tertiary/aromatic N) is 1. The molecule has 1 aliphatic heterocycles. The highest BCUT2D eigenvalue weighted by molar-refractivity contribution is 6.33. The van der Waals surface area contributed by atoms with Gasteiger partial charge < -0.3 is 14.8 Å². The van der Waals surface area contributed by atoms with Gasteiger partial charge in [0.1, 0.15) is 13.2 Å². The van der Waals surface area contributed by atoms with Crippen LogP contribution in [0.3, 0.4) is 0 Å². The molecule has 0 radical (unpaired) electrons. The molecule has 0 bridgehead atoms. The van der Waals surface area contributed by atoms with E-state index < -0.39 is 0 Å². The van der Waals surface area contributed by atoms with Crippen molar-refractivity contribution in [3.8, 4) is 11.5 Å². The maximum Gasteiger partial charge on any atom is 0.179 e. The molecule has 0 saturated carbocycles. The van der Waals surface area contributed by atoms with E-state index in [9.17, 15) is 0 Å². The van der Waals surface area contributed by atoms with E-state index in [0.717, 1.165) is 11.3 Å². The quantitative estimate of drug-likeness (QED) is 0.937. The number of benzene rings is 1. The van der Waals surface area contributed by atoms with Gasteiger partial charge in [-0.15, -0.1) is 0 Å². The number of halogens is 2. The number of hydrogen-bond acceptors (Lipinski definition) is 4. The minimum Gasteiger partial charge on any atom is -0.486 e. The van der Waals surface area contributed by atoms with Crippen LogP contribution in [0.4, 0.5) is 5.69 Å². The molecule has 0 aliphatic carbocycles. The van der Waals surface area contributed by atoms with Crippen LogP contribution in [0.5, 0.6) is 11.5 Å². The lowest BCUT2D eigenvalue weighted by atomic mass is 10.2. The summed E-state index contributed by atoms with van der Waals surface area (Å²) in [5.74, 6) is 1.30. The topological polar surface area (TPSA) is 43.4 Å². The van der Waals surface area contributed by atoms with E-state index >= 15 is 0 Å². The molecule has 0 unspecified atom stereocenters. The summed E-state index contributed by atoms with van der Waals surface area (Å²) < 4.78 is 11.0. The molecular formula is C14H12Cl2N2O2. The zero-order chi connectivity index (χ0) is 13.9. The van der Waals surface area contributed by atoms with Crippen molar-refractivity contribution < 1.29 is 9.47 Å². The maximum atomic E-state index is 6.19. The Hall–Kier alpha value is -1.65. The monoisotopic (exact) mass is 310 g/mol. The second kappa shape index (κ2) is 5.77. The molecule has 0 atom stereocenters. The average molecular weight is 311 g/mol. The largest absolute Gasteiger partial charge is 0.486 e. The van der Waals surface area contributed by atoms with Gasteiger partial charge in [0.2, 0.25) is 0 Å². The Balaban J connectivity index is 1.78. The maximum absolute atomic E-state index is 6.19. The van der Waals surface area contributed by atoms with Crippen molar-refractivity contribution in [3.63, 3.8) is 0 Å². The van der Waals surface area contributed by atoms with Crippen LogP contribution < -0.4 is 14.8 Å². The fraction of sp³-hybridized carbons (Fsp3) is 0.214. The van der Waals surface area contributed by atoms with Gasteiger partial charge in [-0.3, -0.25) is 4.98 Å². The third kappa shape index (κ3) is 2.76. The van der Waals surface area contributed by atoms with Crippen molar-refractivity contribution >= 4 is 28.9 Å². The highest BCUT2D eigenvalue weighted by atomic mass is 35.5. The number of aromatic nitrogens is 1. The zero-order valence-corrected chi connectivity index (χ0v) is 12.0. The van der Waals surface area contributed by atoms with Crippen LogP contribution in [-0.4, -0.2) is 18.2 Å². The van der Waals surface area contributed by atoms with E-state index in [4.69, 9.17) is 32.7 Å². The molecule has 0 amide bonds. The summed E-state index contributed by atoms with van der Waals surface area (Å²) in [5, 5.41) is 4.37. The molecule has 0 saturated heterocycles.